The van der Waals surface area contributed by atoms with E-state index in [4.69, 9.17) is 4.52 Å². The molecular weight excluding hydrogens is 321 g/mol. The number of nitrogens with zero attached hydrogens (tertiary/aromatic N) is 3. The van der Waals surface area contributed by atoms with Crippen LogP contribution in [-0.4, -0.2) is 34.0 Å². The number of hydrogen-bond acceptors (Lipinski definition) is 4. The lowest BCUT2D eigenvalue weighted by Gasteiger charge is -2.33. The van der Waals surface area contributed by atoms with Crippen LogP contribution < -0.4 is 0 Å². The Morgan fingerprint density at radius 2 is 2.00 bits per heavy atom. The molecule has 0 bridgehead atoms. The van der Waals surface area contributed by atoms with E-state index in [1.807, 2.05) is 4.90 Å². The lowest BCUT2D eigenvalue weighted by atomic mass is 9.82. The summed E-state index contributed by atoms with van der Waals surface area (Å²) in [6.07, 6.45) is 6.21. The van der Waals surface area contributed by atoms with E-state index in [1.165, 1.54) is 31.4 Å². The van der Waals surface area contributed by atoms with Crippen LogP contribution in [0.3, 0.4) is 0 Å². The van der Waals surface area contributed by atoms with Gasteiger partial charge in [0.2, 0.25) is 17.6 Å². The maximum absolute atomic E-state index is 13.0. The molecule has 132 valence electrons. The van der Waals surface area contributed by atoms with Crippen molar-refractivity contribution in [1.82, 2.24) is 15.0 Å². The van der Waals surface area contributed by atoms with Crippen LogP contribution in [0, 0.1) is 11.7 Å². The van der Waals surface area contributed by atoms with Crippen LogP contribution in [0.15, 0.2) is 28.8 Å². The molecule has 1 saturated carbocycles. The second kappa shape index (κ2) is 6.94. The predicted octanol–water partition coefficient (Wildman–Crippen LogP) is 3.77. The molecule has 5 nitrogen and oxygen atoms in total. The Balaban J connectivity index is 1.42. The van der Waals surface area contributed by atoms with Gasteiger partial charge in [-0.2, -0.15) is 4.98 Å². The minimum atomic E-state index is -0.291. The van der Waals surface area contributed by atoms with E-state index >= 15 is 0 Å². The predicted molar refractivity (Wildman–Crippen MR) is 90.2 cm³/mol. The van der Waals surface area contributed by atoms with E-state index in [2.05, 4.69) is 10.1 Å². The van der Waals surface area contributed by atoms with Gasteiger partial charge in [-0.15, -0.1) is 0 Å². The highest BCUT2D eigenvalue weighted by Crippen LogP contribution is 2.32. The lowest BCUT2D eigenvalue weighted by molar-refractivity contribution is -0.134. The largest absolute Gasteiger partial charge is 0.342 e. The van der Waals surface area contributed by atoms with Crippen LogP contribution in [0.4, 0.5) is 4.39 Å². The van der Waals surface area contributed by atoms with Crippen molar-refractivity contribution < 1.29 is 13.7 Å². The van der Waals surface area contributed by atoms with Gasteiger partial charge in [-0.05, 0) is 55.9 Å². The summed E-state index contributed by atoms with van der Waals surface area (Å²) in [5, 5.41) is 4.02. The molecule has 2 heterocycles. The van der Waals surface area contributed by atoms with Crippen molar-refractivity contribution in [2.24, 2.45) is 5.92 Å². The van der Waals surface area contributed by atoms with Crippen LogP contribution in [-0.2, 0) is 4.79 Å². The molecule has 25 heavy (non-hydrogen) atoms. The standard InChI is InChI=1S/C19H22FN3O2/c20-16-8-6-14(7-9-16)18-21-19(25-22-18)15-5-2-10-23(12-15)17(24)11-13-3-1-4-13/h6-9,13,15H,1-5,10-12H2/t15-/m1/s1. The number of piperidine rings is 1. The molecule has 1 aliphatic heterocycles. The number of halogens is 1. The number of hydrogen-bond donors (Lipinski definition) is 0. The topological polar surface area (TPSA) is 59.2 Å². The average molecular weight is 343 g/mol. The quantitative estimate of drug-likeness (QED) is 0.848. The van der Waals surface area contributed by atoms with Gasteiger partial charge < -0.3 is 9.42 Å². The SMILES string of the molecule is O=C(CC1CCC1)N1CCC[C@@H](c2nc(-c3ccc(F)cc3)no2)C1. The van der Waals surface area contributed by atoms with Gasteiger partial charge in [-0.25, -0.2) is 4.39 Å². The molecule has 0 N–H and O–H groups in total. The fraction of sp³-hybridized carbons (Fsp3) is 0.526. The third-order valence-corrected chi connectivity index (χ3v) is 5.36. The fourth-order valence-corrected chi connectivity index (χ4v) is 3.60. The first-order valence-electron chi connectivity index (χ1n) is 9.06. The van der Waals surface area contributed by atoms with Crippen molar-refractivity contribution in [3.05, 3.63) is 36.0 Å². The summed E-state index contributed by atoms with van der Waals surface area (Å²) in [4.78, 5) is 18.9. The van der Waals surface area contributed by atoms with Gasteiger partial charge in [0.15, 0.2) is 0 Å². The summed E-state index contributed by atoms with van der Waals surface area (Å²) in [5.74, 6) is 1.67. The number of likely N-dealkylation sites (tertiary alicyclic amines) is 1. The number of benzene rings is 1. The minimum absolute atomic E-state index is 0.0841. The van der Waals surface area contributed by atoms with E-state index in [9.17, 15) is 9.18 Å². The summed E-state index contributed by atoms with van der Waals surface area (Å²) in [6.45, 7) is 1.47. The van der Waals surface area contributed by atoms with Crippen molar-refractivity contribution >= 4 is 5.91 Å². The monoisotopic (exact) mass is 343 g/mol. The van der Waals surface area contributed by atoms with Crippen LogP contribution in [0.25, 0.3) is 11.4 Å². The maximum Gasteiger partial charge on any atom is 0.231 e. The molecule has 0 radical (unpaired) electrons. The third-order valence-electron chi connectivity index (χ3n) is 5.36. The molecule has 2 aromatic rings. The first kappa shape index (κ1) is 16.2. The number of carbonyl (C=O) groups excluding carboxylic acids is 1. The van der Waals surface area contributed by atoms with E-state index in [1.54, 1.807) is 12.1 Å². The Bertz CT molecular complexity index is 739. The van der Waals surface area contributed by atoms with Crippen LogP contribution in [0.5, 0.6) is 0 Å². The lowest BCUT2D eigenvalue weighted by Crippen LogP contribution is -2.40. The van der Waals surface area contributed by atoms with E-state index < -0.39 is 0 Å². The van der Waals surface area contributed by atoms with Gasteiger partial charge in [0.05, 0.1) is 5.92 Å². The Morgan fingerprint density at radius 1 is 1.20 bits per heavy atom. The van der Waals surface area contributed by atoms with Gasteiger partial charge in [-0.3, -0.25) is 4.79 Å². The van der Waals surface area contributed by atoms with Gasteiger partial charge in [0, 0.05) is 25.1 Å². The Kier molecular flexibility index (Phi) is 4.51. The summed E-state index contributed by atoms with van der Waals surface area (Å²) in [7, 11) is 0. The fourth-order valence-electron chi connectivity index (χ4n) is 3.60. The molecule has 0 unspecified atom stereocenters. The van der Waals surface area contributed by atoms with Gasteiger partial charge in [0.25, 0.3) is 0 Å². The second-order valence-corrected chi connectivity index (χ2v) is 7.14. The Morgan fingerprint density at radius 3 is 2.72 bits per heavy atom. The number of rotatable bonds is 4. The highest BCUT2D eigenvalue weighted by atomic mass is 19.1. The normalized spacial score (nSPS) is 21.2. The molecule has 1 amide bonds. The summed E-state index contributed by atoms with van der Waals surface area (Å²) >= 11 is 0. The first-order valence-corrected chi connectivity index (χ1v) is 9.06. The minimum Gasteiger partial charge on any atom is -0.342 e. The molecule has 1 aliphatic carbocycles. The van der Waals surface area contributed by atoms with Gasteiger partial charge in [0.1, 0.15) is 5.82 Å². The maximum atomic E-state index is 13.0. The van der Waals surface area contributed by atoms with Crippen LogP contribution in [0.2, 0.25) is 0 Å². The van der Waals surface area contributed by atoms with Crippen LogP contribution in [0.1, 0.15) is 50.3 Å². The molecule has 4 rings (SSSR count). The molecule has 1 atom stereocenters. The van der Waals surface area contributed by atoms with Crippen LogP contribution >= 0.6 is 0 Å². The number of aromatic nitrogens is 2. The Hall–Kier alpha value is -2.24. The van der Waals surface area contributed by atoms with E-state index in [-0.39, 0.29) is 17.6 Å². The molecule has 0 spiro atoms. The van der Waals surface area contributed by atoms with Crippen molar-refractivity contribution in [3.8, 4) is 11.4 Å². The zero-order chi connectivity index (χ0) is 17.2. The smallest absolute Gasteiger partial charge is 0.231 e. The van der Waals surface area contributed by atoms with Crippen molar-refractivity contribution in [1.29, 1.82) is 0 Å². The molecule has 1 aromatic carbocycles. The van der Waals surface area contributed by atoms with Crippen molar-refractivity contribution in [3.63, 3.8) is 0 Å². The van der Waals surface area contributed by atoms with Crippen molar-refractivity contribution in [2.75, 3.05) is 13.1 Å². The third kappa shape index (κ3) is 3.57. The van der Waals surface area contributed by atoms with E-state index in [0.29, 0.717) is 30.6 Å². The summed E-state index contributed by atoms with van der Waals surface area (Å²) in [5.41, 5.74) is 0.727. The molecular formula is C19H22FN3O2. The zero-order valence-corrected chi connectivity index (χ0v) is 14.2. The molecule has 2 fully saturated rings. The molecule has 1 saturated heterocycles. The number of carbonyl (C=O) groups is 1. The first-order chi connectivity index (χ1) is 12.2. The summed E-state index contributed by atoms with van der Waals surface area (Å²) in [6, 6.07) is 6.04. The highest BCUT2D eigenvalue weighted by Gasteiger charge is 2.30. The van der Waals surface area contributed by atoms with Crippen molar-refractivity contribution in [2.45, 2.75) is 44.4 Å². The molecule has 1 aromatic heterocycles. The zero-order valence-electron chi connectivity index (χ0n) is 14.2. The Labute approximate surface area is 146 Å². The molecule has 6 heteroatoms. The summed E-state index contributed by atoms with van der Waals surface area (Å²) < 4.78 is 18.5. The number of amides is 1. The van der Waals surface area contributed by atoms with E-state index in [0.717, 1.165) is 24.9 Å². The average Bonchev–Trinajstić information content (AvgIpc) is 3.09. The van der Waals surface area contributed by atoms with Gasteiger partial charge in [-0.1, -0.05) is 11.6 Å². The second-order valence-electron chi connectivity index (χ2n) is 7.14. The highest BCUT2D eigenvalue weighted by molar-refractivity contribution is 5.76. The van der Waals surface area contributed by atoms with Gasteiger partial charge >= 0.3 is 0 Å². The molecule has 2 aliphatic rings.